The predicted molar refractivity (Wildman–Crippen MR) is 240 cm³/mol. The summed E-state index contributed by atoms with van der Waals surface area (Å²) in [5.74, 6) is -2.18. The van der Waals surface area contributed by atoms with Crippen LogP contribution < -0.4 is 15.3 Å². The summed E-state index contributed by atoms with van der Waals surface area (Å²) in [7, 11) is -3.02. The van der Waals surface area contributed by atoms with Gasteiger partial charge in [0.2, 0.25) is 11.8 Å². The largest absolute Gasteiger partial charge is 0.507 e. The van der Waals surface area contributed by atoms with E-state index in [0.29, 0.717) is 19.3 Å². The van der Waals surface area contributed by atoms with Crippen molar-refractivity contribution < 1.29 is 28.8 Å². The van der Waals surface area contributed by atoms with E-state index in [-0.39, 0.29) is 59.2 Å². The number of phenols is 1. The van der Waals surface area contributed by atoms with E-state index in [9.17, 15) is 24.8 Å². The summed E-state index contributed by atoms with van der Waals surface area (Å²) >= 11 is 0. The number of carbonyl (C=O) groups excluding carboxylic acids is 2. The van der Waals surface area contributed by atoms with E-state index >= 15 is 0 Å². The van der Waals surface area contributed by atoms with Gasteiger partial charge < -0.3 is 14.3 Å². The van der Waals surface area contributed by atoms with Crippen molar-refractivity contribution in [3.05, 3.63) is 165 Å². The molecule has 1 aromatic heterocycles. The maximum absolute atomic E-state index is 14.5. The molecule has 8 rings (SSSR count). The zero-order chi connectivity index (χ0) is 43.1. The van der Waals surface area contributed by atoms with E-state index in [1.54, 1.807) is 12.3 Å². The maximum Gasteiger partial charge on any atom is 0.271 e. The number of amides is 2. The van der Waals surface area contributed by atoms with Crippen molar-refractivity contribution in [2.24, 2.45) is 17.8 Å². The van der Waals surface area contributed by atoms with Gasteiger partial charge in [-0.05, 0) is 118 Å². The van der Waals surface area contributed by atoms with Crippen LogP contribution in [0.25, 0.3) is 11.6 Å². The third-order valence-corrected chi connectivity index (χ3v) is 17.7. The summed E-state index contributed by atoms with van der Waals surface area (Å²) in [6, 6.07) is 36.4. The lowest BCUT2D eigenvalue weighted by Gasteiger charge is -2.44. The summed E-state index contributed by atoms with van der Waals surface area (Å²) < 4.78 is 14.2. The van der Waals surface area contributed by atoms with Crippen molar-refractivity contribution in [3.8, 4) is 5.75 Å². The molecule has 11 heteroatoms. The summed E-state index contributed by atoms with van der Waals surface area (Å²) in [6.45, 7) is 11.0. The molecule has 312 valence electrons. The van der Waals surface area contributed by atoms with Gasteiger partial charge in [0, 0.05) is 24.2 Å². The van der Waals surface area contributed by atoms with E-state index in [2.05, 4.69) is 75.4 Å². The van der Waals surface area contributed by atoms with Gasteiger partial charge in [0.15, 0.2) is 0 Å². The number of fused-ring (bicyclic) bond motifs is 3. The number of allylic oxidation sites excluding steroid dienone is 1. The molecule has 0 spiro atoms. The Balaban J connectivity index is 1.20. The number of nitro benzene ring substituents is 1. The van der Waals surface area contributed by atoms with Crippen molar-refractivity contribution in [1.82, 2.24) is 4.98 Å². The van der Waals surface area contributed by atoms with Crippen molar-refractivity contribution in [1.29, 1.82) is 0 Å². The number of ether oxygens (including phenoxy) is 1. The molecular weight excluding hydrogens is 783 g/mol. The van der Waals surface area contributed by atoms with E-state index in [0.717, 1.165) is 54.4 Å². The molecule has 5 aromatic rings. The Kier molecular flexibility index (Phi) is 11.5. The van der Waals surface area contributed by atoms with Gasteiger partial charge in [0.25, 0.3) is 14.0 Å². The molecule has 0 bridgehead atoms. The Morgan fingerprint density at radius 2 is 1.56 bits per heavy atom. The number of anilines is 1. The van der Waals surface area contributed by atoms with Crippen LogP contribution in [0.15, 0.2) is 133 Å². The van der Waals surface area contributed by atoms with E-state index < -0.39 is 25.1 Å². The summed E-state index contributed by atoms with van der Waals surface area (Å²) in [4.78, 5) is 46.1. The second kappa shape index (κ2) is 16.8. The molecule has 4 aromatic carbocycles. The molecule has 1 aliphatic carbocycles. The monoisotopic (exact) mass is 833 g/mol. The number of non-ortho nitro benzene ring substituents is 1. The second-order valence-corrected chi connectivity index (χ2v) is 21.8. The number of hydrogen-bond acceptors (Lipinski definition) is 8. The molecule has 0 unspecified atom stereocenters. The zero-order valence-electron chi connectivity index (χ0n) is 35.2. The fourth-order valence-electron chi connectivity index (χ4n) is 9.95. The fraction of sp³-hybridized carbons (Fsp3) is 0.300. The van der Waals surface area contributed by atoms with Gasteiger partial charge in [0.05, 0.1) is 47.5 Å². The van der Waals surface area contributed by atoms with Crippen molar-refractivity contribution in [2.75, 3.05) is 18.1 Å². The number of carbonyl (C=O) groups is 2. The SMILES string of the molecule is Cc1cc(/C=C(/CC[C@H]2OC[C@H]3C2=C(CO[Si](c2ccccc2)(c2ccccc2)C(C)(C)C)C[C@H]2C(=O)N(c4cccc([N+](=O)[O-])c4)C(=O)[C@H]23)c2ccccn2)cc(C)c1O. The smallest absolute Gasteiger partial charge is 0.271 e. The third kappa shape index (κ3) is 7.78. The Bertz CT molecular complexity index is 2470. The molecule has 1 N–H and O–H groups in total. The summed E-state index contributed by atoms with van der Waals surface area (Å²) in [5.41, 5.74) is 6.35. The number of rotatable bonds is 12. The lowest BCUT2D eigenvalue weighted by Crippen LogP contribution is -2.66. The molecule has 0 saturated carbocycles. The van der Waals surface area contributed by atoms with Crippen LogP contribution in [-0.2, 0) is 18.8 Å². The van der Waals surface area contributed by atoms with Crippen LogP contribution in [0.4, 0.5) is 11.4 Å². The zero-order valence-corrected chi connectivity index (χ0v) is 36.2. The first-order valence-electron chi connectivity index (χ1n) is 20.9. The highest BCUT2D eigenvalue weighted by atomic mass is 28.4. The molecule has 4 atom stereocenters. The molecule has 2 aliphatic heterocycles. The van der Waals surface area contributed by atoms with E-state index in [1.807, 2.05) is 56.3 Å². The van der Waals surface area contributed by atoms with Crippen LogP contribution in [0.2, 0.25) is 5.04 Å². The number of aromatic nitrogens is 1. The number of aryl methyl sites for hydroxylation is 2. The maximum atomic E-state index is 14.5. The highest BCUT2D eigenvalue weighted by Gasteiger charge is 2.58. The van der Waals surface area contributed by atoms with Crippen LogP contribution in [0, 0.1) is 41.7 Å². The highest BCUT2D eigenvalue weighted by Crippen LogP contribution is 2.51. The fourth-order valence-corrected chi connectivity index (χ4v) is 14.5. The molecule has 2 fully saturated rings. The average Bonchev–Trinajstić information content (AvgIpc) is 3.79. The third-order valence-electron chi connectivity index (χ3n) is 12.7. The number of nitro groups is 1. The van der Waals surface area contributed by atoms with Gasteiger partial charge in [-0.25, -0.2) is 4.90 Å². The van der Waals surface area contributed by atoms with Gasteiger partial charge in [0.1, 0.15) is 5.75 Å². The predicted octanol–water partition coefficient (Wildman–Crippen LogP) is 8.73. The van der Waals surface area contributed by atoms with E-state index in [4.69, 9.17) is 14.1 Å². The Morgan fingerprint density at radius 1 is 0.902 bits per heavy atom. The van der Waals surface area contributed by atoms with Crippen LogP contribution in [0.5, 0.6) is 5.75 Å². The van der Waals surface area contributed by atoms with Gasteiger partial charge in [-0.15, -0.1) is 0 Å². The van der Waals surface area contributed by atoms with Crippen LogP contribution in [-0.4, -0.2) is 54.5 Å². The number of pyridine rings is 1. The van der Waals surface area contributed by atoms with E-state index in [1.165, 1.54) is 18.2 Å². The normalized spacial score (nSPS) is 20.5. The highest BCUT2D eigenvalue weighted by molar-refractivity contribution is 6.99. The number of imide groups is 1. The van der Waals surface area contributed by atoms with Gasteiger partial charge in [-0.3, -0.25) is 24.7 Å². The standard InChI is InChI=1S/C50H51N3O7Si/c1-32-25-34(26-33(2)47(32)54)27-35(43-21-12-13-24-51-43)22-23-44-45-36(30-60-61(50(3,4)5,39-17-8-6-9-18-39)40-19-10-7-11-20-40)28-41-46(42(45)31-59-44)49(56)52(48(41)55)37-15-14-16-38(29-37)53(57)58/h6-21,24-27,29,41-42,44,46,54H,22-23,28,30-31H2,1-5H3/b35-27-/t41-,42+,44-,46-/m1/s1. The first-order chi connectivity index (χ1) is 29.3. The molecule has 3 heterocycles. The molecule has 61 heavy (non-hydrogen) atoms. The lowest BCUT2D eigenvalue weighted by atomic mass is 9.69. The van der Waals surface area contributed by atoms with Crippen molar-refractivity contribution >= 4 is 53.5 Å². The van der Waals surface area contributed by atoms with Crippen LogP contribution >= 0.6 is 0 Å². The first-order valence-corrected chi connectivity index (χ1v) is 22.8. The van der Waals surface area contributed by atoms with Gasteiger partial charge in [-0.2, -0.15) is 0 Å². The minimum Gasteiger partial charge on any atom is -0.507 e. The quantitative estimate of drug-likeness (QED) is 0.0434. The Labute approximate surface area is 357 Å². The molecule has 2 saturated heterocycles. The van der Waals surface area contributed by atoms with Gasteiger partial charge >= 0.3 is 0 Å². The van der Waals surface area contributed by atoms with Crippen LogP contribution in [0.1, 0.15) is 62.4 Å². The molecule has 0 radical (unpaired) electrons. The van der Waals surface area contributed by atoms with Crippen LogP contribution in [0.3, 0.4) is 0 Å². The molecular formula is C50H51N3O7Si. The Hall–Kier alpha value is -6.01. The minimum atomic E-state index is -3.02. The van der Waals surface area contributed by atoms with Gasteiger partial charge in [-0.1, -0.05) is 93.6 Å². The number of nitrogens with zero attached hydrogens (tertiary/aromatic N) is 3. The average molecular weight is 834 g/mol. The summed E-state index contributed by atoms with van der Waals surface area (Å²) in [6.07, 6.45) is 5.01. The first kappa shape index (κ1) is 41.7. The molecule has 2 amide bonds. The van der Waals surface area contributed by atoms with Crippen molar-refractivity contribution in [3.63, 3.8) is 0 Å². The second-order valence-electron chi connectivity index (χ2n) is 17.5. The minimum absolute atomic E-state index is 0.190. The number of aromatic hydroxyl groups is 1. The Morgan fingerprint density at radius 3 is 2.16 bits per heavy atom. The number of phenolic OH excluding ortho intramolecular Hbond substituents is 1. The summed E-state index contributed by atoms with van der Waals surface area (Å²) in [5, 5.41) is 24.2. The number of benzene rings is 4. The topological polar surface area (TPSA) is 132 Å². The van der Waals surface area contributed by atoms with Crippen molar-refractivity contribution in [2.45, 2.75) is 65.0 Å². The molecule has 3 aliphatic rings. The number of hydrogen-bond donors (Lipinski definition) is 1. The molecule has 10 nitrogen and oxygen atoms in total. The lowest BCUT2D eigenvalue weighted by molar-refractivity contribution is -0.384.